The van der Waals surface area contributed by atoms with Crippen LogP contribution in [0.4, 0.5) is 11.6 Å². The van der Waals surface area contributed by atoms with Crippen LogP contribution in [0.15, 0.2) is 6.33 Å². The molecule has 0 aliphatic carbocycles. The second-order valence-corrected chi connectivity index (χ2v) is 9.93. The third-order valence-corrected chi connectivity index (χ3v) is 6.75. The molecule has 0 bridgehead atoms. The van der Waals surface area contributed by atoms with E-state index in [0.717, 1.165) is 41.9 Å². The molecule has 1 fully saturated rings. The van der Waals surface area contributed by atoms with Crippen LogP contribution in [0.2, 0.25) is 0 Å². The Kier molecular flexibility index (Phi) is 5.61. The Labute approximate surface area is 200 Å². The summed E-state index contributed by atoms with van der Waals surface area (Å²) < 4.78 is 3.79. The highest BCUT2D eigenvalue weighted by Crippen LogP contribution is 2.34. The van der Waals surface area contributed by atoms with Gasteiger partial charge in [0.25, 0.3) is 11.6 Å². The Morgan fingerprint density at radius 2 is 1.59 bits per heavy atom. The maximum absolute atomic E-state index is 4.93. The molecule has 0 N–H and O–H groups in total. The van der Waals surface area contributed by atoms with Crippen molar-refractivity contribution in [1.82, 2.24) is 39.2 Å². The fraction of sp³-hybridized carbons (Fsp3) is 0.583. The molecule has 10 nitrogen and oxygen atoms in total. The smallest absolute Gasteiger partial charge is 0.254 e. The molecule has 180 valence electrons. The Morgan fingerprint density at radius 3 is 2.26 bits per heavy atom. The molecule has 0 aromatic carbocycles. The van der Waals surface area contributed by atoms with Crippen LogP contribution in [0.5, 0.6) is 0 Å². The highest BCUT2D eigenvalue weighted by atomic mass is 15.4. The van der Waals surface area contributed by atoms with Crippen LogP contribution in [0.25, 0.3) is 11.6 Å². The van der Waals surface area contributed by atoms with Crippen LogP contribution in [0.3, 0.4) is 0 Å². The average molecular weight is 463 g/mol. The van der Waals surface area contributed by atoms with E-state index in [1.807, 2.05) is 9.03 Å². The zero-order valence-electron chi connectivity index (χ0n) is 21.2. The first-order valence-corrected chi connectivity index (χ1v) is 12.1. The molecule has 4 aromatic rings. The molecule has 1 saturated heterocycles. The van der Waals surface area contributed by atoms with Crippen molar-refractivity contribution >= 4 is 23.2 Å². The van der Waals surface area contributed by atoms with Gasteiger partial charge in [-0.2, -0.15) is 24.1 Å². The molecular weight excluding hydrogens is 428 g/mol. The lowest BCUT2D eigenvalue weighted by atomic mass is 9.96. The van der Waals surface area contributed by atoms with Gasteiger partial charge in [0.2, 0.25) is 0 Å². The van der Waals surface area contributed by atoms with E-state index in [-0.39, 0.29) is 5.92 Å². The van der Waals surface area contributed by atoms with E-state index in [4.69, 9.17) is 20.1 Å². The van der Waals surface area contributed by atoms with E-state index in [1.54, 1.807) is 6.33 Å². The summed E-state index contributed by atoms with van der Waals surface area (Å²) in [6, 6.07) is 0. The normalized spacial score (nSPS) is 15.2. The average Bonchev–Trinajstić information content (AvgIpc) is 3.51. The van der Waals surface area contributed by atoms with Gasteiger partial charge in [0.15, 0.2) is 5.82 Å². The Hall–Kier alpha value is -3.30. The van der Waals surface area contributed by atoms with Crippen LogP contribution in [0, 0.1) is 13.8 Å². The highest BCUT2D eigenvalue weighted by Gasteiger charge is 2.27. The van der Waals surface area contributed by atoms with E-state index in [1.165, 1.54) is 24.0 Å². The van der Waals surface area contributed by atoms with Crippen LogP contribution in [-0.4, -0.2) is 66.3 Å². The number of anilines is 2. The van der Waals surface area contributed by atoms with Gasteiger partial charge in [0.1, 0.15) is 18.0 Å². The highest BCUT2D eigenvalue weighted by molar-refractivity contribution is 5.57. The third-order valence-electron chi connectivity index (χ3n) is 6.75. The SMILES string of the molecule is Cc1nc2nc(CC(C)c3c(C)nc4ncnn4c3N3CCCC3)nn2c(N(C)C)c1C(C)C. The van der Waals surface area contributed by atoms with Crippen LogP contribution >= 0.6 is 0 Å². The summed E-state index contributed by atoms with van der Waals surface area (Å²) in [5.74, 6) is 4.73. The molecule has 34 heavy (non-hydrogen) atoms. The van der Waals surface area contributed by atoms with Gasteiger partial charge in [-0.1, -0.05) is 20.8 Å². The van der Waals surface area contributed by atoms with Gasteiger partial charge in [0.05, 0.1) is 0 Å². The van der Waals surface area contributed by atoms with E-state index in [9.17, 15) is 0 Å². The van der Waals surface area contributed by atoms with E-state index >= 15 is 0 Å². The van der Waals surface area contributed by atoms with Crippen molar-refractivity contribution in [3.8, 4) is 0 Å². The second-order valence-electron chi connectivity index (χ2n) is 9.93. The minimum atomic E-state index is 0.155. The Balaban J connectivity index is 1.58. The van der Waals surface area contributed by atoms with E-state index < -0.39 is 0 Å². The molecule has 1 aliphatic heterocycles. The monoisotopic (exact) mass is 462 g/mol. The Morgan fingerprint density at radius 1 is 0.912 bits per heavy atom. The van der Waals surface area contributed by atoms with Crippen molar-refractivity contribution in [3.63, 3.8) is 0 Å². The van der Waals surface area contributed by atoms with Crippen LogP contribution in [-0.2, 0) is 6.42 Å². The fourth-order valence-corrected chi connectivity index (χ4v) is 5.37. The summed E-state index contributed by atoms with van der Waals surface area (Å²) in [4.78, 5) is 23.3. The van der Waals surface area contributed by atoms with Crippen molar-refractivity contribution in [3.05, 3.63) is 34.7 Å². The fourth-order valence-electron chi connectivity index (χ4n) is 5.37. The topological polar surface area (TPSA) is 92.6 Å². The molecule has 1 unspecified atom stereocenters. The van der Waals surface area contributed by atoms with Gasteiger partial charge in [-0.3, -0.25) is 0 Å². The summed E-state index contributed by atoms with van der Waals surface area (Å²) in [6.07, 6.45) is 4.66. The summed E-state index contributed by atoms with van der Waals surface area (Å²) in [7, 11) is 4.10. The molecule has 5 heterocycles. The van der Waals surface area contributed by atoms with Crippen molar-refractivity contribution in [1.29, 1.82) is 0 Å². The van der Waals surface area contributed by atoms with Gasteiger partial charge in [-0.15, -0.1) is 5.10 Å². The van der Waals surface area contributed by atoms with Gasteiger partial charge in [0, 0.05) is 56.1 Å². The predicted octanol–water partition coefficient (Wildman–Crippen LogP) is 3.31. The standard InChI is InChI=1S/C24H34N10/c1-14(2)19-16(4)28-24-29-18(30-34(24)21(19)31(6)7)12-15(3)20-17(5)27-23-25-13-26-33(23)22(20)32-10-8-9-11-32/h13-15H,8-12H2,1-7H3. The molecule has 0 radical (unpaired) electrons. The molecule has 10 heteroatoms. The van der Waals surface area contributed by atoms with Gasteiger partial charge in [-0.05, 0) is 38.5 Å². The molecule has 0 spiro atoms. The summed E-state index contributed by atoms with van der Waals surface area (Å²) in [6.45, 7) is 12.8. The van der Waals surface area contributed by atoms with Crippen molar-refractivity contribution in [2.75, 3.05) is 37.0 Å². The molecule has 1 aliphatic rings. The van der Waals surface area contributed by atoms with Crippen molar-refractivity contribution < 1.29 is 0 Å². The largest absolute Gasteiger partial charge is 0.362 e. The van der Waals surface area contributed by atoms with Crippen LogP contribution < -0.4 is 9.80 Å². The molecule has 0 amide bonds. The summed E-state index contributed by atoms with van der Waals surface area (Å²) in [5, 5.41) is 9.43. The zero-order chi connectivity index (χ0) is 24.1. The molecule has 5 rings (SSSR count). The first kappa shape index (κ1) is 22.5. The van der Waals surface area contributed by atoms with E-state index in [0.29, 0.717) is 23.9 Å². The Bertz CT molecular complexity index is 1340. The lowest BCUT2D eigenvalue weighted by molar-refractivity contribution is 0.686. The van der Waals surface area contributed by atoms with E-state index in [2.05, 4.69) is 68.6 Å². The second kappa shape index (κ2) is 8.48. The van der Waals surface area contributed by atoms with Crippen LogP contribution in [0.1, 0.15) is 73.8 Å². The predicted molar refractivity (Wildman–Crippen MR) is 133 cm³/mol. The number of hydrogen-bond acceptors (Lipinski definition) is 8. The first-order chi connectivity index (χ1) is 16.3. The lowest BCUT2D eigenvalue weighted by Crippen LogP contribution is -2.25. The summed E-state index contributed by atoms with van der Waals surface area (Å²) >= 11 is 0. The van der Waals surface area contributed by atoms with Gasteiger partial charge >= 0.3 is 0 Å². The number of nitrogens with zero attached hydrogens (tertiary/aromatic N) is 10. The number of fused-ring (bicyclic) bond motifs is 2. The summed E-state index contributed by atoms with van der Waals surface area (Å²) in [5.41, 5.74) is 4.39. The first-order valence-electron chi connectivity index (χ1n) is 12.1. The molecule has 1 atom stereocenters. The number of aryl methyl sites for hydroxylation is 2. The maximum atomic E-state index is 4.93. The third kappa shape index (κ3) is 3.65. The quantitative estimate of drug-likeness (QED) is 0.431. The van der Waals surface area contributed by atoms with Gasteiger partial charge in [-0.25, -0.2) is 9.97 Å². The number of hydrogen-bond donors (Lipinski definition) is 0. The van der Waals surface area contributed by atoms with Crippen molar-refractivity contribution in [2.24, 2.45) is 0 Å². The molecular formula is C24H34N10. The van der Waals surface area contributed by atoms with Crippen molar-refractivity contribution in [2.45, 2.75) is 65.7 Å². The number of rotatable bonds is 6. The minimum Gasteiger partial charge on any atom is -0.362 e. The number of aromatic nitrogens is 8. The molecule has 0 saturated carbocycles. The molecule has 4 aromatic heterocycles. The zero-order valence-corrected chi connectivity index (χ0v) is 21.2. The lowest BCUT2D eigenvalue weighted by Gasteiger charge is -2.25. The maximum Gasteiger partial charge on any atom is 0.254 e. The van der Waals surface area contributed by atoms with Gasteiger partial charge < -0.3 is 9.80 Å². The minimum absolute atomic E-state index is 0.155.